The van der Waals surface area contributed by atoms with E-state index in [1.807, 2.05) is 54.0 Å². The van der Waals surface area contributed by atoms with Gasteiger partial charge < -0.3 is 14.1 Å². The molecule has 0 radical (unpaired) electrons. The number of halogens is 2. The first kappa shape index (κ1) is 23.7. The van der Waals surface area contributed by atoms with E-state index in [-0.39, 0.29) is 4.91 Å². The van der Waals surface area contributed by atoms with Crippen molar-refractivity contribution in [3.8, 4) is 11.4 Å². The summed E-state index contributed by atoms with van der Waals surface area (Å²) in [5, 5.41) is 20.0. The van der Waals surface area contributed by atoms with Gasteiger partial charge >= 0.3 is 5.97 Å². The van der Waals surface area contributed by atoms with Crippen LogP contribution in [0.1, 0.15) is 12.7 Å². The molecule has 33 heavy (non-hydrogen) atoms. The van der Waals surface area contributed by atoms with Crippen molar-refractivity contribution in [2.24, 2.45) is 0 Å². The lowest BCUT2D eigenvalue weighted by Gasteiger charge is -2.07. The summed E-state index contributed by atoms with van der Waals surface area (Å²) in [6, 6.07) is 18.8. The number of thioether (sulfide) groups is 1. The van der Waals surface area contributed by atoms with Crippen molar-refractivity contribution in [3.63, 3.8) is 0 Å². The molecule has 0 saturated carbocycles. The topological polar surface area (TPSA) is 81.2 Å². The van der Waals surface area contributed by atoms with E-state index in [9.17, 15) is 9.90 Å². The molecule has 2 heterocycles. The second-order valence-corrected chi connectivity index (χ2v) is 10.0. The maximum Gasteiger partial charge on any atom is 0.342 e. The highest BCUT2D eigenvalue weighted by Crippen LogP contribution is 2.37. The van der Waals surface area contributed by atoms with E-state index in [1.54, 1.807) is 18.2 Å². The van der Waals surface area contributed by atoms with Gasteiger partial charge in [0.1, 0.15) is 10.7 Å². The molecule has 0 unspecified atom stereocenters. The third kappa shape index (κ3) is 5.73. The van der Waals surface area contributed by atoms with Crippen LogP contribution in [0.5, 0.6) is 0 Å². The zero-order valence-corrected chi connectivity index (χ0v) is 21.2. The zero-order valence-electron chi connectivity index (χ0n) is 17.2. The average molecular weight is 563 g/mol. The summed E-state index contributed by atoms with van der Waals surface area (Å²) in [7, 11) is 0. The van der Waals surface area contributed by atoms with Crippen LogP contribution in [0.4, 0.5) is 0 Å². The van der Waals surface area contributed by atoms with Gasteiger partial charge in [0.2, 0.25) is 0 Å². The fourth-order valence-corrected chi connectivity index (χ4v) is 5.27. The number of rotatable bonds is 8. The maximum atomic E-state index is 12.0. The molecule has 0 saturated heterocycles. The van der Waals surface area contributed by atoms with Gasteiger partial charge in [-0.15, -0.1) is 10.2 Å². The summed E-state index contributed by atoms with van der Waals surface area (Å²) < 4.78 is 8.50. The van der Waals surface area contributed by atoms with Gasteiger partial charge in [0, 0.05) is 28.1 Å². The third-order valence-electron chi connectivity index (χ3n) is 4.45. The monoisotopic (exact) mass is 561 g/mol. The molecule has 0 atom stereocenters. The minimum Gasteiger partial charge on any atom is -0.477 e. The van der Waals surface area contributed by atoms with E-state index in [0.29, 0.717) is 33.4 Å². The Labute approximate surface area is 212 Å². The van der Waals surface area contributed by atoms with Gasteiger partial charge in [-0.25, -0.2) is 4.79 Å². The molecule has 4 aromatic rings. The van der Waals surface area contributed by atoms with Crippen molar-refractivity contribution in [1.29, 1.82) is 0 Å². The predicted molar refractivity (Wildman–Crippen MR) is 135 cm³/mol. The van der Waals surface area contributed by atoms with Crippen LogP contribution in [-0.4, -0.2) is 25.8 Å². The summed E-state index contributed by atoms with van der Waals surface area (Å²) in [5.74, 6) is -0.0159. The summed E-state index contributed by atoms with van der Waals surface area (Å²) in [5.41, 5.74) is 0.846. The Morgan fingerprint density at radius 3 is 2.58 bits per heavy atom. The van der Waals surface area contributed by atoms with E-state index in [4.69, 9.17) is 16.0 Å². The molecule has 0 amide bonds. The number of carbonyl (C=O) groups is 1. The molecule has 2 aromatic carbocycles. The van der Waals surface area contributed by atoms with Gasteiger partial charge in [-0.2, -0.15) is 0 Å². The van der Waals surface area contributed by atoms with Crippen LogP contribution in [-0.2, 0) is 11.3 Å². The number of aliphatic carboxylic acids is 1. The van der Waals surface area contributed by atoms with Gasteiger partial charge in [-0.1, -0.05) is 41.6 Å². The molecular formula is C23H17BrClN3O3S2. The van der Waals surface area contributed by atoms with E-state index in [1.165, 1.54) is 17.8 Å². The molecule has 0 aliphatic heterocycles. The Morgan fingerprint density at radius 1 is 1.18 bits per heavy atom. The average Bonchev–Trinajstić information content (AvgIpc) is 3.37. The fourth-order valence-electron chi connectivity index (χ4n) is 2.93. The van der Waals surface area contributed by atoms with Crippen LogP contribution >= 0.6 is 51.1 Å². The number of carboxylic acids is 1. The molecule has 168 valence electrons. The lowest BCUT2D eigenvalue weighted by Crippen LogP contribution is -2.02. The zero-order chi connectivity index (χ0) is 23.4. The Hall–Kier alpha value is -2.46. The SMILES string of the molecule is CCn1c(S/C(=C\c2cc(Br)c(Sc3ccccc3)o2)C(=O)O)nnc1-c1ccc(Cl)cc1. The standard InChI is InChI=1S/C23H17BrClN3O3S2/c1-2-28-20(14-8-10-15(25)11-9-14)26-27-23(28)33-19(21(29)30)13-16-12-18(24)22(31-16)32-17-6-4-3-5-7-17/h3-13H,2H2,1H3,(H,29,30)/b19-13-. The molecule has 4 rings (SSSR count). The highest BCUT2D eigenvalue weighted by atomic mass is 79.9. The van der Waals surface area contributed by atoms with Crippen LogP contribution in [0.3, 0.4) is 0 Å². The number of furan rings is 1. The number of hydrogen-bond acceptors (Lipinski definition) is 6. The number of nitrogens with zero attached hydrogens (tertiary/aromatic N) is 3. The van der Waals surface area contributed by atoms with Crippen LogP contribution in [0.25, 0.3) is 17.5 Å². The molecule has 2 aromatic heterocycles. The molecule has 1 N–H and O–H groups in total. The van der Waals surface area contributed by atoms with Crippen LogP contribution in [0.15, 0.2) is 89.6 Å². The number of carboxylic acid groups (broad SMARTS) is 1. The summed E-state index contributed by atoms with van der Waals surface area (Å²) in [6.07, 6.45) is 1.49. The summed E-state index contributed by atoms with van der Waals surface area (Å²) in [4.78, 5) is 13.1. The first-order valence-electron chi connectivity index (χ1n) is 9.78. The highest BCUT2D eigenvalue weighted by molar-refractivity contribution is 9.10. The van der Waals surface area contributed by atoms with Crippen molar-refractivity contribution < 1.29 is 14.3 Å². The quantitative estimate of drug-likeness (QED) is 0.178. The van der Waals surface area contributed by atoms with E-state index in [2.05, 4.69) is 26.1 Å². The molecule has 6 nitrogen and oxygen atoms in total. The highest BCUT2D eigenvalue weighted by Gasteiger charge is 2.19. The van der Waals surface area contributed by atoms with Gasteiger partial charge in [-0.3, -0.25) is 0 Å². The van der Waals surface area contributed by atoms with Gasteiger partial charge in [-0.05, 0) is 77.1 Å². The Kier molecular flexibility index (Phi) is 7.64. The third-order valence-corrected chi connectivity index (χ3v) is 7.55. The van der Waals surface area contributed by atoms with Gasteiger partial charge in [0.05, 0.1) is 4.47 Å². The van der Waals surface area contributed by atoms with E-state index in [0.717, 1.165) is 26.7 Å². The van der Waals surface area contributed by atoms with Crippen molar-refractivity contribution in [1.82, 2.24) is 14.8 Å². The van der Waals surface area contributed by atoms with Crippen molar-refractivity contribution in [2.45, 2.75) is 28.6 Å². The first-order valence-corrected chi connectivity index (χ1v) is 12.6. The molecule has 10 heteroatoms. The van der Waals surface area contributed by atoms with E-state index >= 15 is 0 Å². The largest absolute Gasteiger partial charge is 0.477 e. The van der Waals surface area contributed by atoms with Crippen LogP contribution in [0, 0.1) is 0 Å². The normalized spacial score (nSPS) is 11.7. The lowest BCUT2D eigenvalue weighted by molar-refractivity contribution is -0.131. The first-order chi connectivity index (χ1) is 15.9. The van der Waals surface area contributed by atoms with Gasteiger partial charge in [0.25, 0.3) is 0 Å². The van der Waals surface area contributed by atoms with Crippen molar-refractivity contribution in [2.75, 3.05) is 0 Å². The minimum atomic E-state index is -1.08. The van der Waals surface area contributed by atoms with Crippen LogP contribution in [0.2, 0.25) is 5.02 Å². The van der Waals surface area contributed by atoms with Gasteiger partial charge in [0.15, 0.2) is 16.1 Å². The Bertz CT molecular complexity index is 1300. The Balaban J connectivity index is 1.61. The smallest absolute Gasteiger partial charge is 0.342 e. The molecule has 0 fully saturated rings. The molecule has 0 aliphatic carbocycles. The lowest BCUT2D eigenvalue weighted by atomic mass is 10.2. The predicted octanol–water partition coefficient (Wildman–Crippen LogP) is 7.34. The second-order valence-electron chi connectivity index (χ2n) is 6.67. The van der Waals surface area contributed by atoms with E-state index < -0.39 is 5.97 Å². The number of benzene rings is 2. The molecule has 0 bridgehead atoms. The molecule has 0 spiro atoms. The van der Waals surface area contributed by atoms with Crippen molar-refractivity contribution >= 4 is 63.1 Å². The summed E-state index contributed by atoms with van der Waals surface area (Å²) >= 11 is 11.9. The Morgan fingerprint density at radius 2 is 1.91 bits per heavy atom. The number of aromatic nitrogens is 3. The van der Waals surface area contributed by atoms with Crippen LogP contribution < -0.4 is 0 Å². The number of hydrogen-bond donors (Lipinski definition) is 1. The fraction of sp³-hybridized carbons (Fsp3) is 0.0870. The molecular weight excluding hydrogens is 546 g/mol. The second kappa shape index (κ2) is 10.6. The minimum absolute atomic E-state index is 0.0669. The van der Waals surface area contributed by atoms with Crippen molar-refractivity contribution in [3.05, 3.63) is 80.8 Å². The molecule has 0 aliphatic rings. The maximum absolute atomic E-state index is 12.0. The summed E-state index contributed by atoms with van der Waals surface area (Å²) in [6.45, 7) is 2.53.